The van der Waals surface area contributed by atoms with Gasteiger partial charge in [-0.25, -0.2) is 0 Å². The number of rotatable bonds is 7. The van der Waals surface area contributed by atoms with Crippen molar-refractivity contribution < 1.29 is 9.53 Å². The molecule has 2 aromatic carbocycles. The first-order valence-corrected chi connectivity index (χ1v) is 11.9. The second-order valence-electron chi connectivity index (χ2n) is 8.80. The van der Waals surface area contributed by atoms with Crippen molar-refractivity contribution in [2.75, 3.05) is 13.1 Å². The van der Waals surface area contributed by atoms with Crippen molar-refractivity contribution in [2.45, 2.75) is 45.7 Å². The van der Waals surface area contributed by atoms with E-state index >= 15 is 0 Å². The van der Waals surface area contributed by atoms with E-state index in [0.29, 0.717) is 34.3 Å². The molecule has 34 heavy (non-hydrogen) atoms. The van der Waals surface area contributed by atoms with Crippen molar-refractivity contribution in [1.82, 2.24) is 19.8 Å². The Labute approximate surface area is 204 Å². The maximum atomic E-state index is 12.9. The lowest BCUT2D eigenvalue weighted by molar-refractivity contribution is -0.0705. The summed E-state index contributed by atoms with van der Waals surface area (Å²) in [4.78, 5) is 31.0. The first kappa shape index (κ1) is 24.1. The quantitative estimate of drug-likeness (QED) is 0.399. The summed E-state index contributed by atoms with van der Waals surface area (Å²) >= 11 is 5.30. The first-order chi connectivity index (χ1) is 16.4. The maximum Gasteiger partial charge on any atom is 0.262 e. The molecule has 0 radical (unpaired) electrons. The van der Waals surface area contributed by atoms with Gasteiger partial charge in [-0.3, -0.25) is 19.1 Å². The summed E-state index contributed by atoms with van der Waals surface area (Å²) in [7, 11) is 0. The number of aromatic nitrogens is 2. The molecule has 1 saturated heterocycles. The molecule has 0 bridgehead atoms. The van der Waals surface area contributed by atoms with Crippen LogP contribution in [0, 0.1) is 4.77 Å². The summed E-state index contributed by atoms with van der Waals surface area (Å²) in [6.07, 6.45) is 2.03. The third kappa shape index (κ3) is 5.35. The summed E-state index contributed by atoms with van der Waals surface area (Å²) in [5.41, 5.74) is 3.07. The molecule has 1 fully saturated rings. The van der Waals surface area contributed by atoms with Crippen LogP contribution in [0.3, 0.4) is 0 Å². The first-order valence-electron chi connectivity index (χ1n) is 11.5. The van der Waals surface area contributed by atoms with Crippen LogP contribution in [-0.4, -0.2) is 45.7 Å². The number of aromatic amines is 1. The van der Waals surface area contributed by atoms with Crippen LogP contribution in [0.25, 0.3) is 10.9 Å². The minimum Gasteiger partial charge on any atom is -0.373 e. The van der Waals surface area contributed by atoms with Crippen molar-refractivity contribution in [2.24, 2.45) is 0 Å². The van der Waals surface area contributed by atoms with E-state index in [2.05, 4.69) is 41.7 Å². The zero-order chi connectivity index (χ0) is 24.2. The van der Waals surface area contributed by atoms with Gasteiger partial charge in [-0.2, -0.15) is 0 Å². The van der Waals surface area contributed by atoms with Gasteiger partial charge in [0.15, 0.2) is 4.77 Å². The molecule has 7 nitrogen and oxygen atoms in total. The maximum absolute atomic E-state index is 12.9. The monoisotopic (exact) mass is 478 g/mol. The molecule has 2 atom stereocenters. The Morgan fingerprint density at radius 2 is 1.91 bits per heavy atom. The average molecular weight is 479 g/mol. The van der Waals surface area contributed by atoms with Crippen LogP contribution in [0.1, 0.15) is 35.3 Å². The second-order valence-corrected chi connectivity index (χ2v) is 9.18. The molecule has 0 saturated carbocycles. The predicted molar refractivity (Wildman–Crippen MR) is 136 cm³/mol. The molecule has 2 N–H and O–H groups in total. The van der Waals surface area contributed by atoms with E-state index in [9.17, 15) is 9.59 Å². The van der Waals surface area contributed by atoms with E-state index in [1.807, 2.05) is 18.2 Å². The number of nitrogens with zero attached hydrogens (tertiary/aromatic N) is 2. The highest BCUT2D eigenvalue weighted by Gasteiger charge is 2.22. The zero-order valence-electron chi connectivity index (χ0n) is 19.5. The number of H-pyrrole nitrogens is 1. The minimum atomic E-state index is -0.208. The molecule has 0 aliphatic carbocycles. The molecule has 1 aliphatic heterocycles. The molecule has 4 rings (SSSR count). The molecular formula is C26H30N4O3S. The van der Waals surface area contributed by atoms with Crippen LogP contribution in [0.4, 0.5) is 0 Å². The Balaban J connectivity index is 1.49. The number of fused-ring (bicyclic) bond motifs is 1. The summed E-state index contributed by atoms with van der Waals surface area (Å²) in [5.74, 6) is -0.208. The summed E-state index contributed by atoms with van der Waals surface area (Å²) in [6, 6.07) is 13.2. The number of hydrogen-bond donors (Lipinski definition) is 2. The molecule has 1 aliphatic rings. The number of ether oxygens (including phenoxy) is 1. The van der Waals surface area contributed by atoms with Gasteiger partial charge in [-0.1, -0.05) is 30.3 Å². The SMILES string of the molecule is C=CCn1c(=S)[nH]c2cc(C(=O)NCc3ccccc3CN3CC(C)OC(C)C3)ccc2c1=O. The Bertz CT molecular complexity index is 1320. The smallest absolute Gasteiger partial charge is 0.262 e. The standard InChI is InChI=1S/C26H30N4O3S/c1-4-11-30-25(32)22-10-9-19(12-23(22)28-26(30)34)24(31)27-13-20-7-5-6-8-21(20)16-29-14-17(2)33-18(3)15-29/h4-10,12,17-18H,1,11,13-16H2,2-3H3,(H,27,31)(H,28,34). The largest absolute Gasteiger partial charge is 0.373 e. The van der Waals surface area contributed by atoms with Gasteiger partial charge in [0.25, 0.3) is 11.5 Å². The lowest BCUT2D eigenvalue weighted by Gasteiger charge is -2.35. The fraction of sp³-hybridized carbons (Fsp3) is 0.346. The van der Waals surface area contributed by atoms with Crippen LogP contribution in [0.15, 0.2) is 59.9 Å². The number of morpholine rings is 1. The van der Waals surface area contributed by atoms with Gasteiger partial charge < -0.3 is 15.0 Å². The van der Waals surface area contributed by atoms with E-state index in [1.54, 1.807) is 24.3 Å². The number of hydrogen-bond acceptors (Lipinski definition) is 5. The van der Waals surface area contributed by atoms with Crippen molar-refractivity contribution in [3.05, 3.63) is 86.9 Å². The Morgan fingerprint density at radius 3 is 2.62 bits per heavy atom. The van der Waals surface area contributed by atoms with Crippen molar-refractivity contribution >= 4 is 29.0 Å². The minimum absolute atomic E-state index is 0.203. The topological polar surface area (TPSA) is 79.4 Å². The molecule has 1 amide bonds. The Hall–Kier alpha value is -3.07. The van der Waals surface area contributed by atoms with Crippen LogP contribution in [0.2, 0.25) is 0 Å². The average Bonchev–Trinajstić information content (AvgIpc) is 2.80. The molecule has 8 heteroatoms. The summed E-state index contributed by atoms with van der Waals surface area (Å²) in [5, 5.41) is 3.50. The summed E-state index contributed by atoms with van der Waals surface area (Å²) < 4.78 is 7.59. The fourth-order valence-electron chi connectivity index (χ4n) is 4.51. The highest BCUT2D eigenvalue weighted by atomic mass is 32.1. The lowest BCUT2D eigenvalue weighted by Crippen LogP contribution is -2.45. The van der Waals surface area contributed by atoms with Crippen molar-refractivity contribution in [3.8, 4) is 0 Å². The highest BCUT2D eigenvalue weighted by Crippen LogP contribution is 2.17. The van der Waals surface area contributed by atoms with Gasteiger partial charge in [-0.05, 0) is 55.4 Å². The highest BCUT2D eigenvalue weighted by molar-refractivity contribution is 7.71. The summed E-state index contributed by atoms with van der Waals surface area (Å²) in [6.45, 7) is 11.2. The fourth-order valence-corrected chi connectivity index (χ4v) is 4.77. The van der Waals surface area contributed by atoms with Crippen LogP contribution < -0.4 is 10.9 Å². The van der Waals surface area contributed by atoms with E-state index in [0.717, 1.165) is 25.2 Å². The zero-order valence-corrected chi connectivity index (χ0v) is 20.4. The van der Waals surface area contributed by atoms with Crippen molar-refractivity contribution in [3.63, 3.8) is 0 Å². The van der Waals surface area contributed by atoms with Gasteiger partial charge in [0, 0.05) is 38.3 Å². The molecular weight excluding hydrogens is 448 g/mol. The van der Waals surface area contributed by atoms with Gasteiger partial charge in [0.2, 0.25) is 0 Å². The van der Waals surface area contributed by atoms with Gasteiger partial charge in [-0.15, -0.1) is 6.58 Å². The van der Waals surface area contributed by atoms with Crippen molar-refractivity contribution in [1.29, 1.82) is 0 Å². The third-order valence-corrected chi connectivity index (χ3v) is 6.33. The van der Waals surface area contributed by atoms with E-state index in [-0.39, 0.29) is 23.7 Å². The predicted octanol–water partition coefficient (Wildman–Crippen LogP) is 3.78. The molecule has 2 heterocycles. The normalized spacial score (nSPS) is 18.6. The van der Waals surface area contributed by atoms with E-state index in [4.69, 9.17) is 17.0 Å². The number of benzene rings is 2. The van der Waals surface area contributed by atoms with Crippen LogP contribution in [-0.2, 0) is 24.4 Å². The number of allylic oxidation sites excluding steroid dienone is 1. The van der Waals surface area contributed by atoms with Crippen LogP contribution >= 0.6 is 12.2 Å². The Morgan fingerprint density at radius 1 is 1.21 bits per heavy atom. The van der Waals surface area contributed by atoms with E-state index in [1.165, 1.54) is 10.1 Å². The molecule has 178 valence electrons. The second kappa shape index (κ2) is 10.5. The lowest BCUT2D eigenvalue weighted by atomic mass is 10.1. The van der Waals surface area contributed by atoms with Gasteiger partial charge >= 0.3 is 0 Å². The van der Waals surface area contributed by atoms with E-state index < -0.39 is 0 Å². The molecule has 3 aromatic rings. The number of amides is 1. The molecule has 0 spiro atoms. The molecule has 1 aromatic heterocycles. The molecule has 2 unspecified atom stereocenters. The number of nitrogens with one attached hydrogen (secondary N) is 2. The number of carbonyl (C=O) groups is 1. The van der Waals surface area contributed by atoms with Gasteiger partial charge in [0.05, 0.1) is 23.1 Å². The Kier molecular flexibility index (Phi) is 7.41. The van der Waals surface area contributed by atoms with Gasteiger partial charge in [0.1, 0.15) is 0 Å². The van der Waals surface area contributed by atoms with Crippen LogP contribution in [0.5, 0.6) is 0 Å². The number of carbonyl (C=O) groups excluding carboxylic acids is 1. The third-order valence-electron chi connectivity index (χ3n) is 6.00.